The van der Waals surface area contributed by atoms with Gasteiger partial charge in [-0.25, -0.2) is 8.42 Å². The fourth-order valence-electron chi connectivity index (χ4n) is 2.36. The molecule has 0 saturated heterocycles. The van der Waals surface area contributed by atoms with Gasteiger partial charge >= 0.3 is 0 Å². The van der Waals surface area contributed by atoms with E-state index in [1.165, 1.54) is 0 Å². The molecule has 0 aromatic heterocycles. The number of nitrogens with two attached hydrogens (primary N) is 1. The van der Waals surface area contributed by atoms with Crippen LogP contribution in [-0.4, -0.2) is 15.0 Å². The summed E-state index contributed by atoms with van der Waals surface area (Å²) in [7, 11) is -3.48. The van der Waals surface area contributed by atoms with Gasteiger partial charge < -0.3 is 10.5 Å². The van der Waals surface area contributed by atoms with Crippen LogP contribution in [0.2, 0.25) is 0 Å². The Hall–Kier alpha value is -2.11. The molecule has 0 radical (unpaired) electrons. The van der Waals surface area contributed by atoms with E-state index in [1.807, 2.05) is 37.3 Å². The van der Waals surface area contributed by atoms with Crippen LogP contribution in [0.3, 0.4) is 0 Å². The lowest BCUT2D eigenvalue weighted by Gasteiger charge is -2.08. The van der Waals surface area contributed by atoms with Gasteiger partial charge in [0.2, 0.25) is 9.84 Å². The highest BCUT2D eigenvalue weighted by Crippen LogP contribution is 2.33. The summed E-state index contributed by atoms with van der Waals surface area (Å²) in [5.74, 6) is 0.653. The topological polar surface area (TPSA) is 69.4 Å². The number of rotatable bonds is 4. The first-order valence-electron chi connectivity index (χ1n) is 6.99. The van der Waals surface area contributed by atoms with Crippen molar-refractivity contribution >= 4 is 15.9 Å². The Bertz CT molecular complexity index is 837. The Morgan fingerprint density at radius 2 is 1.82 bits per heavy atom. The molecule has 2 N–H and O–H groups in total. The fourth-order valence-corrected chi connectivity index (χ4v) is 3.88. The summed E-state index contributed by atoms with van der Waals surface area (Å²) < 4.78 is 30.7. The summed E-state index contributed by atoms with van der Waals surface area (Å²) in [5.41, 5.74) is 8.20. The lowest BCUT2D eigenvalue weighted by molar-refractivity contribution is 0.359. The second-order valence-corrected chi connectivity index (χ2v) is 7.26. The predicted octanol–water partition coefficient (Wildman–Crippen LogP) is 2.66. The van der Waals surface area contributed by atoms with Gasteiger partial charge in [-0.3, -0.25) is 0 Å². The van der Waals surface area contributed by atoms with E-state index in [4.69, 9.17) is 10.5 Å². The van der Waals surface area contributed by atoms with Crippen molar-refractivity contribution in [3.63, 3.8) is 0 Å². The molecule has 1 heterocycles. The standard InChI is InChI=1S/C17H17NO3S/c1-12-2-6-15(7-3-12)21-11-16-9-14-5-4-13(10-18)8-17(14)22(16,19)20/h2-9H,10-11,18H2,1H3. The molecule has 0 aliphatic carbocycles. The van der Waals surface area contributed by atoms with E-state index in [9.17, 15) is 8.42 Å². The maximum Gasteiger partial charge on any atom is 0.206 e. The van der Waals surface area contributed by atoms with Crippen molar-refractivity contribution in [1.29, 1.82) is 0 Å². The number of benzene rings is 2. The molecule has 22 heavy (non-hydrogen) atoms. The van der Waals surface area contributed by atoms with Crippen molar-refractivity contribution in [2.45, 2.75) is 18.4 Å². The fraction of sp³-hybridized carbons (Fsp3) is 0.176. The van der Waals surface area contributed by atoms with E-state index in [1.54, 1.807) is 18.2 Å². The zero-order chi connectivity index (χ0) is 15.7. The van der Waals surface area contributed by atoms with Crippen LogP contribution in [0.5, 0.6) is 5.75 Å². The first kappa shape index (κ1) is 14.8. The molecular formula is C17H17NO3S. The van der Waals surface area contributed by atoms with Crippen molar-refractivity contribution in [1.82, 2.24) is 0 Å². The zero-order valence-electron chi connectivity index (χ0n) is 12.2. The Kier molecular flexibility index (Phi) is 3.76. The van der Waals surface area contributed by atoms with Crippen LogP contribution in [-0.2, 0) is 16.4 Å². The second kappa shape index (κ2) is 5.59. The van der Waals surface area contributed by atoms with Crippen molar-refractivity contribution in [3.05, 3.63) is 64.1 Å². The summed E-state index contributed by atoms with van der Waals surface area (Å²) >= 11 is 0. The molecule has 2 aromatic carbocycles. The average Bonchev–Trinajstić information content (AvgIpc) is 2.77. The summed E-state index contributed by atoms with van der Waals surface area (Å²) in [6.07, 6.45) is 1.67. The van der Waals surface area contributed by atoms with Crippen molar-refractivity contribution in [3.8, 4) is 5.75 Å². The van der Waals surface area contributed by atoms with Crippen LogP contribution >= 0.6 is 0 Å². The number of fused-ring (bicyclic) bond motifs is 1. The van der Waals surface area contributed by atoms with E-state index >= 15 is 0 Å². The normalized spacial score (nSPS) is 15.3. The molecule has 0 amide bonds. The highest BCUT2D eigenvalue weighted by Gasteiger charge is 2.30. The molecule has 4 nitrogen and oxygen atoms in total. The van der Waals surface area contributed by atoms with Crippen molar-refractivity contribution < 1.29 is 13.2 Å². The van der Waals surface area contributed by atoms with Gasteiger partial charge in [0.05, 0.1) is 9.80 Å². The number of ether oxygens (including phenoxy) is 1. The highest BCUT2D eigenvalue weighted by molar-refractivity contribution is 7.95. The van der Waals surface area contributed by atoms with E-state index in [-0.39, 0.29) is 11.5 Å². The van der Waals surface area contributed by atoms with Crippen molar-refractivity contribution in [2.24, 2.45) is 5.73 Å². The predicted molar refractivity (Wildman–Crippen MR) is 86.2 cm³/mol. The van der Waals surface area contributed by atoms with Gasteiger partial charge in [0, 0.05) is 6.54 Å². The van der Waals surface area contributed by atoms with Gasteiger partial charge in [-0.2, -0.15) is 0 Å². The molecule has 1 aliphatic rings. The summed E-state index contributed by atoms with van der Waals surface area (Å²) in [4.78, 5) is 0.593. The molecule has 114 valence electrons. The summed E-state index contributed by atoms with van der Waals surface area (Å²) in [5, 5.41) is 0. The minimum Gasteiger partial charge on any atom is -0.488 e. The molecule has 0 spiro atoms. The number of sulfone groups is 1. The molecule has 3 rings (SSSR count). The molecule has 1 aliphatic heterocycles. The zero-order valence-corrected chi connectivity index (χ0v) is 13.1. The SMILES string of the molecule is Cc1ccc(OCC2=Cc3ccc(CN)cc3S2(=O)=O)cc1. The third-order valence-electron chi connectivity index (χ3n) is 3.67. The smallest absolute Gasteiger partial charge is 0.206 e. The third kappa shape index (κ3) is 2.65. The lowest BCUT2D eigenvalue weighted by Crippen LogP contribution is -2.09. The average molecular weight is 315 g/mol. The number of aryl methyl sites for hydroxylation is 1. The Morgan fingerprint density at radius 3 is 2.50 bits per heavy atom. The van der Waals surface area contributed by atoms with Crippen LogP contribution in [0.4, 0.5) is 0 Å². The molecule has 0 atom stereocenters. The van der Waals surface area contributed by atoms with Gasteiger partial charge in [0.1, 0.15) is 12.4 Å². The molecule has 0 bridgehead atoms. The van der Waals surface area contributed by atoms with Gasteiger partial charge in [0.25, 0.3) is 0 Å². The van der Waals surface area contributed by atoms with Gasteiger partial charge in [0.15, 0.2) is 0 Å². The largest absolute Gasteiger partial charge is 0.488 e. The molecule has 0 fully saturated rings. The van der Waals surface area contributed by atoms with Crippen LogP contribution < -0.4 is 10.5 Å². The molecule has 2 aromatic rings. The molecule has 5 heteroatoms. The van der Waals surface area contributed by atoms with Gasteiger partial charge in [-0.1, -0.05) is 29.8 Å². The Labute approximate surface area is 130 Å². The Morgan fingerprint density at radius 1 is 1.09 bits per heavy atom. The third-order valence-corrected chi connectivity index (χ3v) is 5.53. The quantitative estimate of drug-likeness (QED) is 0.941. The first-order chi connectivity index (χ1) is 10.5. The van der Waals surface area contributed by atoms with Crippen molar-refractivity contribution in [2.75, 3.05) is 6.61 Å². The minimum absolute atomic E-state index is 0.0258. The van der Waals surface area contributed by atoms with Crippen LogP contribution in [0.25, 0.3) is 6.08 Å². The van der Waals surface area contributed by atoms with E-state index in [0.29, 0.717) is 22.8 Å². The summed E-state index contributed by atoms with van der Waals surface area (Å²) in [6.45, 7) is 2.33. The van der Waals surface area contributed by atoms with E-state index < -0.39 is 9.84 Å². The maximum atomic E-state index is 12.5. The van der Waals surface area contributed by atoms with E-state index in [2.05, 4.69) is 0 Å². The highest BCUT2D eigenvalue weighted by atomic mass is 32.2. The first-order valence-corrected chi connectivity index (χ1v) is 8.47. The van der Waals surface area contributed by atoms with Gasteiger partial charge in [-0.05, 0) is 42.3 Å². The number of hydrogen-bond donors (Lipinski definition) is 1. The molecule has 0 saturated carbocycles. The maximum absolute atomic E-state index is 12.5. The number of hydrogen-bond acceptors (Lipinski definition) is 4. The molecular weight excluding hydrogens is 298 g/mol. The van der Waals surface area contributed by atoms with Gasteiger partial charge in [-0.15, -0.1) is 0 Å². The summed E-state index contributed by atoms with van der Waals surface area (Å²) in [6, 6.07) is 12.8. The lowest BCUT2D eigenvalue weighted by atomic mass is 10.1. The van der Waals surface area contributed by atoms with Crippen LogP contribution in [0.15, 0.2) is 52.3 Å². The second-order valence-electron chi connectivity index (χ2n) is 5.29. The monoisotopic (exact) mass is 315 g/mol. The van der Waals surface area contributed by atoms with E-state index in [0.717, 1.165) is 11.1 Å². The Balaban J connectivity index is 1.83. The van der Waals surface area contributed by atoms with Crippen LogP contribution in [0, 0.1) is 6.92 Å². The molecule has 0 unspecified atom stereocenters. The van der Waals surface area contributed by atoms with Crippen LogP contribution in [0.1, 0.15) is 16.7 Å². The minimum atomic E-state index is -3.48.